The van der Waals surface area contributed by atoms with Gasteiger partial charge in [-0.1, -0.05) is 6.92 Å². The highest BCUT2D eigenvalue weighted by molar-refractivity contribution is 5.54. The fourth-order valence-electron chi connectivity index (χ4n) is 1.25. The molecule has 0 saturated carbocycles. The largest absolute Gasteiger partial charge is 0.504 e. The molecule has 3 nitrogen and oxygen atoms in total. The molecule has 0 aromatic heterocycles. The van der Waals surface area contributed by atoms with Crippen molar-refractivity contribution in [2.75, 3.05) is 6.79 Å². The molecule has 0 radical (unpaired) electrons. The summed E-state index contributed by atoms with van der Waals surface area (Å²) in [4.78, 5) is 0. The lowest BCUT2D eigenvalue weighted by atomic mass is 10.1. The molecule has 0 bridgehead atoms. The minimum absolute atomic E-state index is 0.168. The van der Waals surface area contributed by atoms with Gasteiger partial charge >= 0.3 is 0 Å². The van der Waals surface area contributed by atoms with Gasteiger partial charge in [-0.2, -0.15) is 0 Å². The van der Waals surface area contributed by atoms with Crippen LogP contribution in [0.2, 0.25) is 0 Å². The molecule has 1 aliphatic rings. The first kappa shape index (κ1) is 7.28. The predicted octanol–water partition coefficient (Wildman–Crippen LogP) is 1.68. The van der Waals surface area contributed by atoms with Gasteiger partial charge in [0, 0.05) is 0 Å². The zero-order chi connectivity index (χ0) is 8.55. The van der Waals surface area contributed by atoms with Crippen LogP contribution < -0.4 is 9.47 Å². The highest BCUT2D eigenvalue weighted by Gasteiger charge is 2.18. The zero-order valence-electron chi connectivity index (χ0n) is 6.83. The summed E-state index contributed by atoms with van der Waals surface area (Å²) in [6.45, 7) is 2.23. The Morgan fingerprint density at radius 2 is 2.25 bits per heavy atom. The highest BCUT2D eigenvalue weighted by atomic mass is 16.7. The lowest BCUT2D eigenvalue weighted by Crippen LogP contribution is -1.93. The number of hydrogen-bond acceptors (Lipinski definition) is 3. The Kier molecular flexibility index (Phi) is 1.57. The third-order valence-corrected chi connectivity index (χ3v) is 1.92. The van der Waals surface area contributed by atoms with E-state index in [4.69, 9.17) is 9.47 Å². The Morgan fingerprint density at radius 1 is 1.42 bits per heavy atom. The Balaban J connectivity index is 2.51. The van der Waals surface area contributed by atoms with Gasteiger partial charge in [0.1, 0.15) is 0 Å². The van der Waals surface area contributed by atoms with Gasteiger partial charge in [-0.15, -0.1) is 0 Å². The number of hydrogen-bond donors (Lipinski definition) is 1. The van der Waals surface area contributed by atoms with E-state index in [1.807, 2.05) is 13.0 Å². The summed E-state index contributed by atoms with van der Waals surface area (Å²) in [6, 6.07) is 3.59. The summed E-state index contributed by atoms with van der Waals surface area (Å²) in [5, 5.41) is 9.44. The van der Waals surface area contributed by atoms with Crippen molar-refractivity contribution in [1.82, 2.24) is 0 Å². The highest BCUT2D eigenvalue weighted by Crippen LogP contribution is 2.41. The van der Waals surface area contributed by atoms with E-state index < -0.39 is 0 Å². The number of fused-ring (bicyclic) bond motifs is 1. The molecule has 0 saturated heterocycles. The normalized spacial score (nSPS) is 13.4. The van der Waals surface area contributed by atoms with Crippen molar-refractivity contribution in [2.24, 2.45) is 0 Å². The van der Waals surface area contributed by atoms with Crippen LogP contribution in [-0.4, -0.2) is 11.9 Å². The average Bonchev–Trinajstić information content (AvgIpc) is 2.52. The van der Waals surface area contributed by atoms with Crippen LogP contribution >= 0.6 is 0 Å². The molecule has 1 aromatic rings. The summed E-state index contributed by atoms with van der Waals surface area (Å²) < 4.78 is 10.2. The second-order valence-corrected chi connectivity index (χ2v) is 2.70. The number of phenolic OH excluding ortho intramolecular Hbond substituents is 1. The Labute approximate surface area is 70.5 Å². The lowest BCUT2D eigenvalue weighted by Gasteiger charge is -2.01. The van der Waals surface area contributed by atoms with Crippen molar-refractivity contribution in [3.8, 4) is 17.2 Å². The molecule has 0 atom stereocenters. The topological polar surface area (TPSA) is 38.7 Å². The summed E-state index contributed by atoms with van der Waals surface area (Å²) in [7, 11) is 0. The molecule has 0 amide bonds. The van der Waals surface area contributed by atoms with E-state index in [0.717, 1.165) is 12.0 Å². The van der Waals surface area contributed by atoms with Crippen molar-refractivity contribution in [1.29, 1.82) is 0 Å². The average molecular weight is 166 g/mol. The van der Waals surface area contributed by atoms with Crippen molar-refractivity contribution >= 4 is 0 Å². The van der Waals surface area contributed by atoms with Gasteiger partial charge in [0.2, 0.25) is 12.5 Å². The zero-order valence-corrected chi connectivity index (χ0v) is 6.83. The van der Waals surface area contributed by atoms with Crippen molar-refractivity contribution < 1.29 is 14.6 Å². The van der Waals surface area contributed by atoms with E-state index in [1.165, 1.54) is 0 Å². The van der Waals surface area contributed by atoms with Crippen LogP contribution in [0.3, 0.4) is 0 Å². The summed E-state index contributed by atoms with van der Waals surface area (Å²) in [6.07, 6.45) is 0.879. The summed E-state index contributed by atoms with van der Waals surface area (Å²) in [5.74, 6) is 1.28. The molecule has 0 fully saturated rings. The molecular formula is C9H10O3. The Hall–Kier alpha value is -1.38. The van der Waals surface area contributed by atoms with Crippen LogP contribution in [0, 0.1) is 0 Å². The number of aryl methyl sites for hydroxylation is 1. The molecule has 0 aliphatic carbocycles. The Morgan fingerprint density at radius 3 is 3.00 bits per heavy atom. The van der Waals surface area contributed by atoms with Crippen LogP contribution in [0.15, 0.2) is 12.1 Å². The van der Waals surface area contributed by atoms with Crippen LogP contribution in [0.25, 0.3) is 0 Å². The van der Waals surface area contributed by atoms with Crippen molar-refractivity contribution in [3.05, 3.63) is 17.7 Å². The van der Waals surface area contributed by atoms with Crippen LogP contribution in [0.4, 0.5) is 0 Å². The van der Waals surface area contributed by atoms with Crippen molar-refractivity contribution in [2.45, 2.75) is 13.3 Å². The number of aromatic hydroxyl groups is 1. The second kappa shape index (κ2) is 2.59. The van der Waals surface area contributed by atoms with E-state index in [0.29, 0.717) is 11.5 Å². The molecule has 3 heteroatoms. The van der Waals surface area contributed by atoms with E-state index in [9.17, 15) is 5.11 Å². The minimum atomic E-state index is 0.168. The number of rotatable bonds is 1. The summed E-state index contributed by atoms with van der Waals surface area (Å²) >= 11 is 0. The third kappa shape index (κ3) is 0.978. The van der Waals surface area contributed by atoms with Gasteiger partial charge in [-0.05, 0) is 24.1 Å². The molecule has 1 aromatic carbocycles. The molecule has 64 valence electrons. The summed E-state index contributed by atoms with van der Waals surface area (Å²) in [5.41, 5.74) is 1.05. The van der Waals surface area contributed by atoms with Crippen LogP contribution in [0.1, 0.15) is 12.5 Å². The van der Waals surface area contributed by atoms with E-state index in [-0.39, 0.29) is 12.5 Å². The van der Waals surface area contributed by atoms with E-state index in [1.54, 1.807) is 6.07 Å². The predicted molar refractivity (Wildman–Crippen MR) is 43.6 cm³/mol. The maximum absolute atomic E-state index is 9.44. The maximum atomic E-state index is 9.44. The first-order valence-electron chi connectivity index (χ1n) is 3.92. The van der Waals surface area contributed by atoms with Crippen molar-refractivity contribution in [3.63, 3.8) is 0 Å². The lowest BCUT2D eigenvalue weighted by molar-refractivity contribution is 0.171. The van der Waals surface area contributed by atoms with Gasteiger partial charge < -0.3 is 14.6 Å². The Bertz CT molecular complexity index is 307. The van der Waals surface area contributed by atoms with Gasteiger partial charge in [0.25, 0.3) is 0 Å². The number of phenols is 1. The van der Waals surface area contributed by atoms with Gasteiger partial charge in [0.15, 0.2) is 11.5 Å². The molecule has 2 rings (SSSR count). The number of benzene rings is 1. The molecule has 1 heterocycles. The number of ether oxygens (including phenoxy) is 2. The van der Waals surface area contributed by atoms with Crippen LogP contribution in [-0.2, 0) is 6.42 Å². The third-order valence-electron chi connectivity index (χ3n) is 1.92. The quantitative estimate of drug-likeness (QED) is 0.689. The fraction of sp³-hybridized carbons (Fsp3) is 0.333. The van der Waals surface area contributed by atoms with E-state index >= 15 is 0 Å². The molecular weight excluding hydrogens is 156 g/mol. The minimum Gasteiger partial charge on any atom is -0.504 e. The smallest absolute Gasteiger partial charge is 0.231 e. The van der Waals surface area contributed by atoms with Gasteiger partial charge in [-0.25, -0.2) is 0 Å². The first-order chi connectivity index (χ1) is 5.81. The van der Waals surface area contributed by atoms with Gasteiger partial charge in [-0.3, -0.25) is 0 Å². The SMILES string of the molecule is CCc1cc(O)c2c(c1)OCO2. The fourth-order valence-corrected chi connectivity index (χ4v) is 1.25. The second-order valence-electron chi connectivity index (χ2n) is 2.70. The molecule has 0 spiro atoms. The molecule has 0 unspecified atom stereocenters. The standard InChI is InChI=1S/C9H10O3/c1-2-6-3-7(10)9-8(4-6)11-5-12-9/h3-4,10H,2,5H2,1H3. The molecule has 1 aliphatic heterocycles. The first-order valence-corrected chi connectivity index (χ1v) is 3.92. The van der Waals surface area contributed by atoms with E-state index in [2.05, 4.69) is 0 Å². The van der Waals surface area contributed by atoms with Crippen LogP contribution in [0.5, 0.6) is 17.2 Å². The van der Waals surface area contributed by atoms with Gasteiger partial charge in [0.05, 0.1) is 0 Å². The molecule has 1 N–H and O–H groups in total. The maximum Gasteiger partial charge on any atom is 0.231 e. The monoisotopic (exact) mass is 166 g/mol. The molecule has 12 heavy (non-hydrogen) atoms.